The number of amides is 1. The SMILES string of the molecule is Cc1cc(-c2ccccc2)nc(SC(C)C(=O)Nc2c(C)nn(C)c2C)n1. The highest BCUT2D eigenvalue weighted by atomic mass is 32.2. The summed E-state index contributed by atoms with van der Waals surface area (Å²) < 4.78 is 1.76. The van der Waals surface area contributed by atoms with Crippen molar-refractivity contribution in [3.05, 3.63) is 53.5 Å². The minimum Gasteiger partial charge on any atom is -0.322 e. The summed E-state index contributed by atoms with van der Waals surface area (Å²) in [6.07, 6.45) is 0. The highest BCUT2D eigenvalue weighted by Crippen LogP contribution is 2.26. The molecule has 140 valence electrons. The molecule has 0 saturated heterocycles. The third-order valence-electron chi connectivity index (χ3n) is 4.31. The van der Waals surface area contributed by atoms with Crippen LogP contribution in [0, 0.1) is 20.8 Å². The Kier molecular flexibility index (Phi) is 5.60. The highest BCUT2D eigenvalue weighted by molar-refractivity contribution is 8.00. The molecule has 1 aromatic carbocycles. The first-order chi connectivity index (χ1) is 12.8. The molecule has 7 heteroatoms. The number of nitrogens with one attached hydrogen (secondary N) is 1. The third kappa shape index (κ3) is 4.36. The van der Waals surface area contributed by atoms with Crippen molar-refractivity contribution in [1.29, 1.82) is 0 Å². The number of nitrogens with zero attached hydrogens (tertiary/aromatic N) is 4. The van der Waals surface area contributed by atoms with Crippen molar-refractivity contribution in [2.24, 2.45) is 7.05 Å². The predicted octanol–water partition coefficient (Wildman–Crippen LogP) is 3.92. The molecule has 1 amide bonds. The number of benzene rings is 1. The van der Waals surface area contributed by atoms with Crippen molar-refractivity contribution in [3.63, 3.8) is 0 Å². The van der Waals surface area contributed by atoms with E-state index in [1.54, 1.807) is 4.68 Å². The molecule has 1 atom stereocenters. The fraction of sp³-hybridized carbons (Fsp3) is 0.300. The van der Waals surface area contributed by atoms with E-state index in [1.807, 2.05) is 71.1 Å². The second kappa shape index (κ2) is 7.92. The van der Waals surface area contributed by atoms with Crippen molar-refractivity contribution in [2.75, 3.05) is 5.32 Å². The fourth-order valence-electron chi connectivity index (χ4n) is 2.74. The Bertz CT molecular complexity index is 968. The molecule has 3 aromatic rings. The maximum Gasteiger partial charge on any atom is 0.237 e. The Morgan fingerprint density at radius 1 is 1.15 bits per heavy atom. The summed E-state index contributed by atoms with van der Waals surface area (Å²) in [4.78, 5) is 21.8. The molecule has 6 nitrogen and oxygen atoms in total. The van der Waals surface area contributed by atoms with Crippen LogP contribution in [0.3, 0.4) is 0 Å². The molecule has 0 fully saturated rings. The number of thioether (sulfide) groups is 1. The van der Waals surface area contributed by atoms with Crippen LogP contribution in [-0.2, 0) is 11.8 Å². The Balaban J connectivity index is 1.76. The number of carbonyl (C=O) groups is 1. The molecule has 0 spiro atoms. The van der Waals surface area contributed by atoms with Gasteiger partial charge >= 0.3 is 0 Å². The van der Waals surface area contributed by atoms with Gasteiger partial charge in [-0.05, 0) is 33.8 Å². The highest BCUT2D eigenvalue weighted by Gasteiger charge is 2.20. The zero-order valence-electron chi connectivity index (χ0n) is 16.1. The van der Waals surface area contributed by atoms with Crippen LogP contribution in [0.4, 0.5) is 5.69 Å². The normalized spacial score (nSPS) is 12.0. The van der Waals surface area contributed by atoms with Gasteiger partial charge in [0.1, 0.15) is 0 Å². The molecular formula is C20H23N5OS. The third-order valence-corrected chi connectivity index (χ3v) is 5.27. The smallest absolute Gasteiger partial charge is 0.237 e. The first-order valence-corrected chi connectivity index (χ1v) is 9.62. The molecule has 2 aromatic heterocycles. The number of hydrogen-bond acceptors (Lipinski definition) is 5. The zero-order valence-corrected chi connectivity index (χ0v) is 17.0. The largest absolute Gasteiger partial charge is 0.322 e. The van der Waals surface area contributed by atoms with Gasteiger partial charge < -0.3 is 5.32 Å². The Hall–Kier alpha value is -2.67. The maximum atomic E-state index is 12.6. The van der Waals surface area contributed by atoms with Gasteiger partial charge in [-0.2, -0.15) is 5.10 Å². The first kappa shape index (κ1) is 19.1. The summed E-state index contributed by atoms with van der Waals surface area (Å²) in [5.74, 6) is -0.0921. The van der Waals surface area contributed by atoms with Gasteiger partial charge in [0.05, 0.1) is 28.0 Å². The summed E-state index contributed by atoms with van der Waals surface area (Å²) in [7, 11) is 1.86. The molecule has 27 heavy (non-hydrogen) atoms. The average Bonchev–Trinajstić information content (AvgIpc) is 2.88. The quantitative estimate of drug-likeness (QED) is 0.536. The van der Waals surface area contributed by atoms with E-state index in [0.29, 0.717) is 5.16 Å². The van der Waals surface area contributed by atoms with Gasteiger partial charge in [-0.1, -0.05) is 42.1 Å². The van der Waals surface area contributed by atoms with Crippen LogP contribution in [0.15, 0.2) is 41.6 Å². The summed E-state index contributed by atoms with van der Waals surface area (Å²) in [5.41, 5.74) is 5.26. The monoisotopic (exact) mass is 381 g/mol. The van der Waals surface area contributed by atoms with Crippen molar-refractivity contribution >= 4 is 23.4 Å². The fourth-order valence-corrected chi connectivity index (χ4v) is 3.57. The molecule has 0 aliphatic heterocycles. The van der Waals surface area contributed by atoms with Gasteiger partial charge in [-0.3, -0.25) is 9.48 Å². The van der Waals surface area contributed by atoms with Crippen LogP contribution in [-0.4, -0.2) is 30.9 Å². The van der Waals surface area contributed by atoms with Gasteiger partial charge in [-0.15, -0.1) is 0 Å². The van der Waals surface area contributed by atoms with E-state index in [4.69, 9.17) is 0 Å². The van der Waals surface area contributed by atoms with Gasteiger partial charge in [-0.25, -0.2) is 9.97 Å². The Morgan fingerprint density at radius 2 is 1.85 bits per heavy atom. The molecule has 3 rings (SSSR count). The number of hydrogen-bond donors (Lipinski definition) is 1. The van der Waals surface area contributed by atoms with Crippen LogP contribution >= 0.6 is 11.8 Å². The summed E-state index contributed by atoms with van der Waals surface area (Å²) in [5, 5.41) is 7.57. The standard InChI is InChI=1S/C20H23N5OS/c1-12-11-17(16-9-7-6-8-10-16)22-20(21-12)27-15(4)19(26)23-18-13(2)24-25(5)14(18)3/h6-11,15H,1-5H3,(H,23,26). The van der Waals surface area contributed by atoms with Crippen LogP contribution in [0.25, 0.3) is 11.3 Å². The second-order valence-electron chi connectivity index (χ2n) is 6.46. The van der Waals surface area contributed by atoms with E-state index < -0.39 is 0 Å². The van der Waals surface area contributed by atoms with Crippen molar-refractivity contribution in [1.82, 2.24) is 19.7 Å². The molecule has 0 aliphatic rings. The van der Waals surface area contributed by atoms with E-state index >= 15 is 0 Å². The van der Waals surface area contributed by atoms with Crippen molar-refractivity contribution in [3.8, 4) is 11.3 Å². The van der Waals surface area contributed by atoms with Crippen molar-refractivity contribution < 1.29 is 4.79 Å². The minimum atomic E-state index is -0.338. The molecule has 1 unspecified atom stereocenters. The lowest BCUT2D eigenvalue weighted by molar-refractivity contribution is -0.115. The van der Waals surface area contributed by atoms with Crippen molar-refractivity contribution in [2.45, 2.75) is 38.1 Å². The predicted molar refractivity (Wildman–Crippen MR) is 109 cm³/mol. The van der Waals surface area contributed by atoms with Gasteiger partial charge in [0, 0.05) is 18.3 Å². The van der Waals surface area contributed by atoms with Crippen LogP contribution < -0.4 is 5.32 Å². The average molecular weight is 382 g/mol. The summed E-state index contributed by atoms with van der Waals surface area (Å²) in [6, 6.07) is 11.9. The lowest BCUT2D eigenvalue weighted by Crippen LogP contribution is -2.23. The lowest BCUT2D eigenvalue weighted by atomic mass is 10.1. The topological polar surface area (TPSA) is 72.7 Å². The van der Waals surface area contributed by atoms with Crippen LogP contribution in [0.2, 0.25) is 0 Å². The summed E-state index contributed by atoms with van der Waals surface area (Å²) in [6.45, 7) is 7.61. The van der Waals surface area contributed by atoms with E-state index in [0.717, 1.165) is 34.0 Å². The number of carbonyl (C=O) groups excluding carboxylic acids is 1. The minimum absolute atomic E-state index is 0.0921. The van der Waals surface area contributed by atoms with Gasteiger partial charge in [0.25, 0.3) is 0 Å². The second-order valence-corrected chi connectivity index (χ2v) is 7.77. The van der Waals surface area contributed by atoms with Crippen LogP contribution in [0.5, 0.6) is 0 Å². The molecular weight excluding hydrogens is 358 g/mol. The number of aryl methyl sites for hydroxylation is 3. The Labute approximate surface area is 163 Å². The van der Waals surface area contributed by atoms with Crippen LogP contribution in [0.1, 0.15) is 24.0 Å². The molecule has 2 heterocycles. The van der Waals surface area contributed by atoms with Gasteiger partial charge in [0.2, 0.25) is 5.91 Å². The number of rotatable bonds is 5. The summed E-state index contributed by atoms with van der Waals surface area (Å²) >= 11 is 1.35. The van der Waals surface area contributed by atoms with E-state index in [1.165, 1.54) is 11.8 Å². The molecule has 0 radical (unpaired) electrons. The van der Waals surface area contributed by atoms with E-state index in [2.05, 4.69) is 20.4 Å². The first-order valence-electron chi connectivity index (χ1n) is 8.74. The molecule has 0 bridgehead atoms. The number of anilines is 1. The zero-order chi connectivity index (χ0) is 19.6. The number of aromatic nitrogens is 4. The van der Waals surface area contributed by atoms with E-state index in [9.17, 15) is 4.79 Å². The molecule has 1 N–H and O–H groups in total. The molecule has 0 aliphatic carbocycles. The lowest BCUT2D eigenvalue weighted by Gasteiger charge is -2.12. The maximum absolute atomic E-state index is 12.6. The Morgan fingerprint density at radius 3 is 2.48 bits per heavy atom. The molecule has 0 saturated carbocycles. The van der Waals surface area contributed by atoms with E-state index in [-0.39, 0.29) is 11.2 Å². The van der Waals surface area contributed by atoms with Gasteiger partial charge in [0.15, 0.2) is 5.16 Å².